The molecule has 2 aliphatic heterocycles. The molecule has 37 heavy (non-hydrogen) atoms. The van der Waals surface area contributed by atoms with Crippen LogP contribution in [0.2, 0.25) is 5.02 Å². The maximum atomic E-state index is 13.4. The normalized spacial score (nSPS) is 19.3. The van der Waals surface area contributed by atoms with Gasteiger partial charge in [-0.25, -0.2) is 4.99 Å². The molecule has 0 saturated carbocycles. The summed E-state index contributed by atoms with van der Waals surface area (Å²) in [5.41, 5.74) is 4.22. The second kappa shape index (κ2) is 11.4. The van der Waals surface area contributed by atoms with Crippen LogP contribution in [0.4, 0.5) is 0 Å². The maximum Gasteiger partial charge on any atom is 0.251 e. The van der Waals surface area contributed by atoms with Crippen LogP contribution in [0, 0.1) is 5.92 Å². The third-order valence-corrected chi connectivity index (χ3v) is 7.18. The van der Waals surface area contributed by atoms with Crippen LogP contribution in [0.1, 0.15) is 21.5 Å². The lowest BCUT2D eigenvalue weighted by Crippen LogP contribution is -2.46. The Labute approximate surface area is 226 Å². The van der Waals surface area contributed by atoms with Gasteiger partial charge in [-0.3, -0.25) is 14.5 Å². The summed E-state index contributed by atoms with van der Waals surface area (Å²) in [6.45, 7) is 3.77. The number of fused-ring (bicyclic) bond motifs is 1. The average molecular weight is 535 g/mol. The highest BCUT2D eigenvalue weighted by molar-refractivity contribution is 7.80. The van der Waals surface area contributed by atoms with Gasteiger partial charge in [0.25, 0.3) is 5.91 Å². The highest BCUT2D eigenvalue weighted by Crippen LogP contribution is 2.26. The molecule has 0 spiro atoms. The van der Waals surface area contributed by atoms with E-state index in [2.05, 4.69) is 15.2 Å². The number of nitrogens with zero attached hydrogens (tertiary/aromatic N) is 3. The van der Waals surface area contributed by atoms with Crippen molar-refractivity contribution in [3.05, 3.63) is 94.2 Å². The molecular weight excluding hydrogens is 508 g/mol. The van der Waals surface area contributed by atoms with Crippen molar-refractivity contribution in [1.29, 1.82) is 0 Å². The van der Waals surface area contributed by atoms with E-state index in [-0.39, 0.29) is 16.9 Å². The molecule has 7 nitrogen and oxygen atoms in total. The Morgan fingerprint density at radius 2 is 1.76 bits per heavy atom. The fourth-order valence-electron chi connectivity index (χ4n) is 4.52. The first-order valence-electron chi connectivity index (χ1n) is 12.3. The molecule has 5 rings (SSSR count). The number of hydrogen-bond acceptors (Lipinski definition) is 5. The van der Waals surface area contributed by atoms with Crippen molar-refractivity contribution in [3.63, 3.8) is 0 Å². The smallest absolute Gasteiger partial charge is 0.251 e. The van der Waals surface area contributed by atoms with Crippen LogP contribution >= 0.6 is 23.8 Å². The Hall–Kier alpha value is -3.33. The molecule has 2 aromatic rings. The summed E-state index contributed by atoms with van der Waals surface area (Å²) in [7, 11) is 0. The van der Waals surface area contributed by atoms with Crippen LogP contribution < -0.4 is 5.32 Å². The molecule has 2 aromatic carbocycles. The standard InChI is InChI=1S/C28H27ClN4O3S/c29-22-7-3-19(4-8-22)11-12-30-26(34)21-5-1-20(2-6-21)18-33-27(35)24-17-23(32-13-15-36-16-14-32)9-10-25(24)31-28(33)37/h1-10,17,24H,11-16,18H2,(H,30,34). The third kappa shape index (κ3) is 5.98. The molecule has 9 heteroatoms. The number of thiocarbonyl (C=S) groups is 1. The van der Waals surface area contributed by atoms with Gasteiger partial charge in [-0.05, 0) is 72.3 Å². The maximum absolute atomic E-state index is 13.4. The van der Waals surface area contributed by atoms with Crippen molar-refractivity contribution in [1.82, 2.24) is 15.1 Å². The van der Waals surface area contributed by atoms with E-state index in [9.17, 15) is 9.59 Å². The molecule has 0 bridgehead atoms. The predicted octanol–water partition coefficient (Wildman–Crippen LogP) is 3.78. The van der Waals surface area contributed by atoms with E-state index in [0.29, 0.717) is 42.6 Å². The van der Waals surface area contributed by atoms with E-state index in [1.807, 2.05) is 54.6 Å². The number of allylic oxidation sites excluding steroid dienone is 2. The van der Waals surface area contributed by atoms with E-state index in [0.717, 1.165) is 36.3 Å². The van der Waals surface area contributed by atoms with Gasteiger partial charge in [-0.2, -0.15) is 0 Å². The van der Waals surface area contributed by atoms with Crippen molar-refractivity contribution < 1.29 is 14.3 Å². The second-order valence-corrected chi connectivity index (χ2v) is 9.88. The summed E-state index contributed by atoms with van der Waals surface area (Å²) >= 11 is 11.4. The second-order valence-electron chi connectivity index (χ2n) is 9.07. The van der Waals surface area contributed by atoms with Gasteiger partial charge >= 0.3 is 0 Å². The summed E-state index contributed by atoms with van der Waals surface area (Å²) in [5, 5.41) is 3.89. The number of nitrogens with one attached hydrogen (secondary N) is 1. The van der Waals surface area contributed by atoms with E-state index >= 15 is 0 Å². The number of carbonyl (C=O) groups excluding carboxylic acids is 2. The molecule has 1 atom stereocenters. The first kappa shape index (κ1) is 25.3. The van der Waals surface area contributed by atoms with Gasteiger partial charge < -0.3 is 15.0 Å². The SMILES string of the molecule is O=C(NCCc1ccc(Cl)cc1)c1ccc(CN2C(=O)C3C=C(N4CCOCC4)C=CC3=NC2=S)cc1. The van der Waals surface area contributed by atoms with Gasteiger partial charge in [0.05, 0.1) is 25.5 Å². The van der Waals surface area contributed by atoms with Crippen molar-refractivity contribution >= 4 is 46.5 Å². The molecule has 0 radical (unpaired) electrons. The minimum absolute atomic E-state index is 0.0888. The topological polar surface area (TPSA) is 74.2 Å². The Kier molecular flexibility index (Phi) is 7.79. The van der Waals surface area contributed by atoms with Crippen LogP contribution in [0.15, 0.2) is 77.4 Å². The highest BCUT2D eigenvalue weighted by Gasteiger charge is 2.35. The number of morpholine rings is 1. The molecule has 190 valence electrons. The average Bonchev–Trinajstić information content (AvgIpc) is 2.93. The van der Waals surface area contributed by atoms with Crippen LogP contribution in [0.25, 0.3) is 0 Å². The monoisotopic (exact) mass is 534 g/mol. The molecule has 2 amide bonds. The van der Waals surface area contributed by atoms with Gasteiger partial charge in [0.15, 0.2) is 0 Å². The van der Waals surface area contributed by atoms with E-state index in [4.69, 9.17) is 28.6 Å². The molecule has 2 heterocycles. The van der Waals surface area contributed by atoms with Crippen molar-refractivity contribution in [2.75, 3.05) is 32.8 Å². The Morgan fingerprint density at radius 3 is 2.49 bits per heavy atom. The zero-order chi connectivity index (χ0) is 25.8. The van der Waals surface area contributed by atoms with Gasteiger partial charge in [-0.1, -0.05) is 35.9 Å². The first-order chi connectivity index (χ1) is 18.0. The fourth-order valence-corrected chi connectivity index (χ4v) is 4.91. The molecule has 0 aromatic heterocycles. The lowest BCUT2D eigenvalue weighted by Gasteiger charge is -2.35. The molecular formula is C28H27ClN4O3S. The zero-order valence-electron chi connectivity index (χ0n) is 20.2. The Bertz CT molecular complexity index is 1280. The number of aliphatic imine (C=N–C) groups is 1. The van der Waals surface area contributed by atoms with Crippen LogP contribution in [-0.4, -0.2) is 65.3 Å². The third-order valence-electron chi connectivity index (χ3n) is 6.61. The van der Waals surface area contributed by atoms with Crippen LogP contribution in [0.3, 0.4) is 0 Å². The Balaban J connectivity index is 1.19. The number of hydrogen-bond donors (Lipinski definition) is 1. The summed E-state index contributed by atoms with van der Waals surface area (Å²) in [6, 6.07) is 14.8. The summed E-state index contributed by atoms with van der Waals surface area (Å²) < 4.78 is 5.44. The first-order valence-corrected chi connectivity index (χ1v) is 13.0. The van der Waals surface area contributed by atoms with E-state index < -0.39 is 5.92 Å². The lowest BCUT2D eigenvalue weighted by atomic mass is 9.93. The minimum atomic E-state index is -0.458. The van der Waals surface area contributed by atoms with E-state index in [1.54, 1.807) is 12.1 Å². The summed E-state index contributed by atoms with van der Waals surface area (Å²) in [6.07, 6.45) is 6.57. The minimum Gasteiger partial charge on any atom is -0.378 e. The van der Waals surface area contributed by atoms with Gasteiger partial charge in [0.2, 0.25) is 11.0 Å². The summed E-state index contributed by atoms with van der Waals surface area (Å²) in [4.78, 5) is 34.2. The van der Waals surface area contributed by atoms with Crippen LogP contribution in [-0.2, 0) is 22.5 Å². The number of halogens is 1. The van der Waals surface area contributed by atoms with Gasteiger partial charge in [0.1, 0.15) is 5.92 Å². The number of amides is 2. The lowest BCUT2D eigenvalue weighted by molar-refractivity contribution is -0.129. The molecule has 1 N–H and O–H groups in total. The van der Waals surface area contributed by atoms with Crippen molar-refractivity contribution in [2.24, 2.45) is 10.9 Å². The summed E-state index contributed by atoms with van der Waals surface area (Å²) in [5.74, 6) is -0.691. The predicted molar refractivity (Wildman–Crippen MR) is 148 cm³/mol. The molecule has 3 aliphatic rings. The van der Waals surface area contributed by atoms with Crippen LogP contribution in [0.5, 0.6) is 0 Å². The van der Waals surface area contributed by atoms with Crippen molar-refractivity contribution in [2.45, 2.75) is 13.0 Å². The number of rotatable bonds is 7. The fraction of sp³-hybridized carbons (Fsp3) is 0.286. The highest BCUT2D eigenvalue weighted by atomic mass is 35.5. The van der Waals surface area contributed by atoms with E-state index in [1.165, 1.54) is 4.90 Å². The zero-order valence-corrected chi connectivity index (χ0v) is 21.8. The van der Waals surface area contributed by atoms with Gasteiger partial charge in [-0.15, -0.1) is 0 Å². The van der Waals surface area contributed by atoms with Gasteiger partial charge in [0, 0.05) is 35.9 Å². The molecule has 1 aliphatic carbocycles. The van der Waals surface area contributed by atoms with Crippen molar-refractivity contribution in [3.8, 4) is 0 Å². The Morgan fingerprint density at radius 1 is 1.05 bits per heavy atom. The number of ether oxygens (including phenoxy) is 1. The molecule has 1 saturated heterocycles. The number of benzene rings is 2. The largest absolute Gasteiger partial charge is 0.378 e. The quantitative estimate of drug-likeness (QED) is 0.547. The molecule has 1 unspecified atom stereocenters. The molecule has 1 fully saturated rings. The number of carbonyl (C=O) groups is 2.